The van der Waals surface area contributed by atoms with Gasteiger partial charge in [0.2, 0.25) is 11.9 Å². The molecule has 6 heteroatoms. The Balaban J connectivity index is 5.01. The first-order valence-electron chi connectivity index (χ1n) is 4.05. The van der Waals surface area contributed by atoms with Gasteiger partial charge in [-0.1, -0.05) is 19.0 Å². The van der Waals surface area contributed by atoms with Crippen LogP contribution in [0.15, 0.2) is 5.16 Å². The zero-order chi connectivity index (χ0) is 11.4. The largest absolute Gasteiger partial charge is 0.409 e. The zero-order valence-corrected chi connectivity index (χ0v) is 8.34. The summed E-state index contributed by atoms with van der Waals surface area (Å²) in [6.07, 6.45) is 0. The number of amides is 1. The van der Waals surface area contributed by atoms with Crippen molar-refractivity contribution in [2.75, 3.05) is 13.7 Å². The van der Waals surface area contributed by atoms with Crippen molar-refractivity contribution in [2.24, 2.45) is 16.5 Å². The maximum atomic E-state index is 13.0. The monoisotopic (exact) mass is 208 g/mol. The quantitative estimate of drug-likeness (QED) is 0.413. The van der Waals surface area contributed by atoms with Crippen LogP contribution < -0.4 is 5.32 Å². The van der Waals surface area contributed by atoms with E-state index in [4.69, 9.17) is 5.21 Å². The molecule has 0 spiro atoms. The van der Waals surface area contributed by atoms with E-state index < -0.39 is 29.9 Å². The fraction of sp³-hybridized carbons (Fsp3) is 0.750. The lowest BCUT2D eigenvalue weighted by Crippen LogP contribution is -2.42. The number of hydrogen-bond acceptors (Lipinski definition) is 3. The molecule has 0 radical (unpaired) electrons. The summed E-state index contributed by atoms with van der Waals surface area (Å²) in [5, 5.41) is 12.7. The van der Waals surface area contributed by atoms with Crippen LogP contribution in [0.4, 0.5) is 8.78 Å². The van der Waals surface area contributed by atoms with Gasteiger partial charge < -0.3 is 10.5 Å². The Labute approximate surface area is 81.0 Å². The summed E-state index contributed by atoms with van der Waals surface area (Å²) in [4.78, 5) is 11.2. The molecule has 14 heavy (non-hydrogen) atoms. The molecule has 1 unspecified atom stereocenters. The molecule has 0 aliphatic heterocycles. The Hall–Kier alpha value is -1.20. The van der Waals surface area contributed by atoms with Crippen LogP contribution in [-0.4, -0.2) is 30.8 Å². The van der Waals surface area contributed by atoms with Crippen LogP contribution in [0, 0.1) is 11.3 Å². The molecule has 82 valence electrons. The Morgan fingerprint density at radius 1 is 1.64 bits per heavy atom. The second kappa shape index (κ2) is 4.88. The van der Waals surface area contributed by atoms with E-state index in [2.05, 4.69) is 10.5 Å². The van der Waals surface area contributed by atoms with Gasteiger partial charge in [0.15, 0.2) is 0 Å². The van der Waals surface area contributed by atoms with E-state index in [1.807, 2.05) is 0 Å². The first-order chi connectivity index (χ1) is 6.40. The van der Waals surface area contributed by atoms with E-state index in [1.165, 1.54) is 20.9 Å². The number of nitrogens with zero attached hydrogens (tertiary/aromatic N) is 1. The average Bonchev–Trinajstić information content (AvgIpc) is 2.17. The number of hydrogen-bond donors (Lipinski definition) is 2. The number of alkyl halides is 1. The minimum absolute atomic E-state index is 0.719. The zero-order valence-electron chi connectivity index (χ0n) is 8.34. The number of carbonyl (C=O) groups is 1. The average molecular weight is 208 g/mol. The first kappa shape index (κ1) is 12.8. The van der Waals surface area contributed by atoms with Crippen molar-refractivity contribution in [2.45, 2.75) is 13.8 Å². The number of rotatable bonds is 4. The van der Waals surface area contributed by atoms with Crippen LogP contribution in [-0.2, 0) is 4.79 Å². The molecule has 0 saturated heterocycles. The lowest BCUT2D eigenvalue weighted by molar-refractivity contribution is -0.125. The Bertz CT molecular complexity index is 241. The van der Waals surface area contributed by atoms with Gasteiger partial charge in [-0.05, 0) is 0 Å². The third-order valence-electron chi connectivity index (χ3n) is 1.97. The highest BCUT2D eigenvalue weighted by molar-refractivity contribution is 6.00. The summed E-state index contributed by atoms with van der Waals surface area (Å²) >= 11 is 0. The summed E-state index contributed by atoms with van der Waals surface area (Å²) < 4.78 is 25.5. The smallest absolute Gasteiger partial charge is 0.239 e. The van der Waals surface area contributed by atoms with Gasteiger partial charge in [0.05, 0.1) is 6.67 Å². The van der Waals surface area contributed by atoms with E-state index >= 15 is 0 Å². The minimum Gasteiger partial charge on any atom is -0.409 e. The molecule has 4 nitrogen and oxygen atoms in total. The predicted molar refractivity (Wildman–Crippen MR) is 47.6 cm³/mol. The van der Waals surface area contributed by atoms with E-state index in [0.29, 0.717) is 0 Å². The molecule has 0 fully saturated rings. The van der Waals surface area contributed by atoms with Gasteiger partial charge in [-0.2, -0.15) is 4.39 Å². The molecule has 0 aromatic carbocycles. The van der Waals surface area contributed by atoms with Gasteiger partial charge in [-0.3, -0.25) is 9.18 Å². The highest BCUT2D eigenvalue weighted by Crippen LogP contribution is 2.29. The van der Waals surface area contributed by atoms with Crippen LogP contribution in [0.25, 0.3) is 0 Å². The number of halogens is 2. The van der Waals surface area contributed by atoms with Gasteiger partial charge in [0, 0.05) is 12.5 Å². The van der Waals surface area contributed by atoms with E-state index in [-0.39, 0.29) is 0 Å². The standard InChI is InChI=1S/C8H14F2N2O2/c1-8(2,4-9)5(6(10)12-14)7(13)11-3/h5,14H,4H2,1-3H3,(H,11,13)/b12-6-. The molecule has 0 bridgehead atoms. The van der Waals surface area contributed by atoms with Crippen LogP contribution in [0.1, 0.15) is 13.8 Å². The summed E-state index contributed by atoms with van der Waals surface area (Å²) in [7, 11) is 1.30. The van der Waals surface area contributed by atoms with Crippen molar-refractivity contribution in [3.8, 4) is 0 Å². The van der Waals surface area contributed by atoms with Crippen molar-refractivity contribution >= 4 is 11.9 Å². The molecule has 0 heterocycles. The third-order valence-corrected chi connectivity index (χ3v) is 1.97. The molecular formula is C8H14F2N2O2. The second-order valence-corrected chi connectivity index (χ2v) is 3.59. The molecule has 0 saturated carbocycles. The first-order valence-corrected chi connectivity index (χ1v) is 4.05. The fourth-order valence-electron chi connectivity index (χ4n) is 1.06. The molecule has 1 amide bonds. The van der Waals surface area contributed by atoms with E-state index in [9.17, 15) is 13.6 Å². The highest BCUT2D eigenvalue weighted by atomic mass is 19.1. The summed E-state index contributed by atoms with van der Waals surface area (Å²) in [5.41, 5.74) is -1.24. The Morgan fingerprint density at radius 3 is 2.43 bits per heavy atom. The van der Waals surface area contributed by atoms with Crippen LogP contribution >= 0.6 is 0 Å². The van der Waals surface area contributed by atoms with Crippen molar-refractivity contribution in [1.29, 1.82) is 0 Å². The van der Waals surface area contributed by atoms with Crippen LogP contribution in [0.5, 0.6) is 0 Å². The van der Waals surface area contributed by atoms with Crippen molar-refractivity contribution in [3.63, 3.8) is 0 Å². The normalized spacial score (nSPS) is 15.1. The highest BCUT2D eigenvalue weighted by Gasteiger charge is 2.40. The lowest BCUT2D eigenvalue weighted by atomic mass is 9.79. The lowest BCUT2D eigenvalue weighted by Gasteiger charge is -2.27. The Morgan fingerprint density at radius 2 is 2.14 bits per heavy atom. The summed E-state index contributed by atoms with van der Waals surface area (Å²) in [5.74, 6) is -3.42. The molecule has 0 rings (SSSR count). The topological polar surface area (TPSA) is 61.7 Å². The Kier molecular flexibility index (Phi) is 4.46. The molecule has 2 N–H and O–H groups in total. The van der Waals surface area contributed by atoms with E-state index in [0.717, 1.165) is 0 Å². The second-order valence-electron chi connectivity index (χ2n) is 3.59. The van der Waals surface area contributed by atoms with E-state index in [1.54, 1.807) is 0 Å². The molecule has 1 atom stereocenters. The van der Waals surface area contributed by atoms with Crippen molar-refractivity contribution < 1.29 is 18.8 Å². The summed E-state index contributed by atoms with van der Waals surface area (Å²) in [6, 6.07) is 0. The number of carbonyl (C=O) groups excluding carboxylic acids is 1. The predicted octanol–water partition coefficient (Wildman–Crippen LogP) is 1.10. The maximum absolute atomic E-state index is 13.0. The summed E-state index contributed by atoms with van der Waals surface area (Å²) in [6.45, 7) is 1.85. The molecule has 0 aliphatic carbocycles. The van der Waals surface area contributed by atoms with Gasteiger partial charge >= 0.3 is 0 Å². The molecule has 0 aliphatic rings. The van der Waals surface area contributed by atoms with Crippen LogP contribution in [0.2, 0.25) is 0 Å². The number of oxime groups is 1. The maximum Gasteiger partial charge on any atom is 0.239 e. The third kappa shape index (κ3) is 2.65. The SMILES string of the molecule is CNC(=O)C(/C(F)=N/O)C(C)(C)CF. The van der Waals surface area contributed by atoms with Crippen molar-refractivity contribution in [3.05, 3.63) is 0 Å². The van der Waals surface area contributed by atoms with Crippen LogP contribution in [0.3, 0.4) is 0 Å². The van der Waals surface area contributed by atoms with Gasteiger partial charge in [-0.15, -0.1) is 0 Å². The number of nitrogens with one attached hydrogen (secondary N) is 1. The van der Waals surface area contributed by atoms with Gasteiger partial charge in [0.1, 0.15) is 5.92 Å². The minimum atomic E-state index is -1.41. The van der Waals surface area contributed by atoms with Gasteiger partial charge in [0.25, 0.3) is 0 Å². The molecule has 0 aromatic rings. The van der Waals surface area contributed by atoms with Crippen molar-refractivity contribution in [1.82, 2.24) is 5.32 Å². The molecular weight excluding hydrogens is 194 g/mol. The molecule has 0 aromatic heterocycles. The van der Waals surface area contributed by atoms with Gasteiger partial charge in [-0.25, -0.2) is 0 Å². The fourth-order valence-corrected chi connectivity index (χ4v) is 1.06.